The summed E-state index contributed by atoms with van der Waals surface area (Å²) in [6.07, 6.45) is 0.691. The van der Waals surface area contributed by atoms with Crippen molar-refractivity contribution in [1.82, 2.24) is 0 Å². The summed E-state index contributed by atoms with van der Waals surface area (Å²) in [5.41, 5.74) is 2.49. The number of rotatable bonds is 13. The lowest BCUT2D eigenvalue weighted by Gasteiger charge is -2.30. The normalized spacial score (nSPS) is 16.5. The first-order chi connectivity index (χ1) is 22.2. The lowest BCUT2D eigenvalue weighted by molar-refractivity contribution is -0.384. The van der Waals surface area contributed by atoms with Crippen LogP contribution in [-0.4, -0.2) is 28.4 Å². The molecule has 0 fully saturated rings. The second kappa shape index (κ2) is 14.7. The number of carbonyl (C=O) groups excluding carboxylic acids is 2. The SMILES string of the molecule is O=C1OC[C@H](c2ccccc2)C=C1CC(=O)[C@H](CC[C@H](O)c1ccc(F)cc1)[C@H](Nc1ccc(F)cc1)c1ccc([N+](=O)[O-])cc1. The van der Waals surface area contributed by atoms with Gasteiger partial charge in [-0.05, 0) is 65.9 Å². The van der Waals surface area contributed by atoms with Crippen LogP contribution in [0.5, 0.6) is 0 Å². The predicted octanol–water partition coefficient (Wildman–Crippen LogP) is 7.38. The molecule has 0 unspecified atom stereocenters. The lowest BCUT2D eigenvalue weighted by atomic mass is 9.81. The van der Waals surface area contributed by atoms with Crippen molar-refractivity contribution < 1.29 is 33.1 Å². The van der Waals surface area contributed by atoms with Gasteiger partial charge in [0.1, 0.15) is 24.0 Å². The Kier molecular flexibility index (Phi) is 10.3. The van der Waals surface area contributed by atoms with Gasteiger partial charge in [0.05, 0.1) is 17.1 Å². The molecule has 0 saturated carbocycles. The number of halogens is 2. The Hall–Kier alpha value is -5.22. The van der Waals surface area contributed by atoms with Crippen molar-refractivity contribution in [2.75, 3.05) is 11.9 Å². The zero-order valence-electron chi connectivity index (χ0n) is 24.7. The number of cyclic esters (lactones) is 1. The van der Waals surface area contributed by atoms with Gasteiger partial charge < -0.3 is 15.2 Å². The maximum atomic E-state index is 14.2. The number of ketones is 1. The van der Waals surface area contributed by atoms with Gasteiger partial charge in [-0.2, -0.15) is 0 Å². The minimum Gasteiger partial charge on any atom is -0.461 e. The van der Waals surface area contributed by atoms with Crippen LogP contribution in [0, 0.1) is 27.7 Å². The van der Waals surface area contributed by atoms with E-state index in [1.54, 1.807) is 6.08 Å². The number of Topliss-reactive ketones (excluding diaryl/α,β-unsaturated/α-hetero) is 1. The number of hydrogen-bond acceptors (Lipinski definition) is 7. The maximum Gasteiger partial charge on any atom is 0.334 e. The van der Waals surface area contributed by atoms with Crippen LogP contribution in [0.4, 0.5) is 20.2 Å². The van der Waals surface area contributed by atoms with Gasteiger partial charge in [-0.15, -0.1) is 0 Å². The third kappa shape index (κ3) is 8.08. The second-order valence-corrected chi connectivity index (χ2v) is 11.2. The van der Waals surface area contributed by atoms with Crippen molar-refractivity contribution in [3.05, 3.63) is 153 Å². The Balaban J connectivity index is 1.49. The van der Waals surface area contributed by atoms with E-state index in [1.165, 1.54) is 72.8 Å². The molecule has 0 radical (unpaired) electrons. The van der Waals surface area contributed by atoms with Crippen LogP contribution in [0.25, 0.3) is 0 Å². The van der Waals surface area contributed by atoms with Gasteiger partial charge in [-0.25, -0.2) is 13.6 Å². The summed E-state index contributed by atoms with van der Waals surface area (Å²) >= 11 is 0. The molecular formula is C36H32F2N2O6. The summed E-state index contributed by atoms with van der Waals surface area (Å²) in [5, 5.41) is 25.6. The van der Waals surface area contributed by atoms with Crippen molar-refractivity contribution in [1.29, 1.82) is 0 Å². The van der Waals surface area contributed by atoms with E-state index < -0.39 is 40.6 Å². The minimum absolute atomic E-state index is 0.104. The molecule has 0 amide bonds. The van der Waals surface area contributed by atoms with Gasteiger partial charge in [0.15, 0.2) is 0 Å². The summed E-state index contributed by atoms with van der Waals surface area (Å²) in [5.74, 6) is -2.93. The quantitative estimate of drug-likeness (QED) is 0.0903. The van der Waals surface area contributed by atoms with E-state index in [1.807, 2.05) is 30.3 Å². The lowest BCUT2D eigenvalue weighted by Crippen LogP contribution is -2.30. The summed E-state index contributed by atoms with van der Waals surface area (Å²) in [7, 11) is 0. The van der Waals surface area contributed by atoms with Crippen LogP contribution in [0.2, 0.25) is 0 Å². The molecule has 0 bridgehead atoms. The zero-order valence-corrected chi connectivity index (χ0v) is 24.7. The average Bonchev–Trinajstić information content (AvgIpc) is 3.07. The number of nitrogens with one attached hydrogen (secondary N) is 1. The number of nitro benzene ring substituents is 1. The molecule has 236 valence electrons. The van der Waals surface area contributed by atoms with Crippen LogP contribution in [0.1, 0.15) is 54.0 Å². The molecule has 0 aliphatic carbocycles. The molecule has 0 aromatic heterocycles. The van der Waals surface area contributed by atoms with Crippen LogP contribution >= 0.6 is 0 Å². The van der Waals surface area contributed by atoms with E-state index in [-0.39, 0.29) is 48.8 Å². The van der Waals surface area contributed by atoms with Gasteiger partial charge in [0, 0.05) is 41.6 Å². The first kappa shape index (κ1) is 32.2. The average molecular weight is 627 g/mol. The van der Waals surface area contributed by atoms with Crippen molar-refractivity contribution in [3.8, 4) is 0 Å². The van der Waals surface area contributed by atoms with E-state index in [0.717, 1.165) is 5.56 Å². The van der Waals surface area contributed by atoms with E-state index >= 15 is 0 Å². The predicted molar refractivity (Wildman–Crippen MR) is 168 cm³/mol. The fourth-order valence-electron chi connectivity index (χ4n) is 5.61. The van der Waals surface area contributed by atoms with Crippen LogP contribution in [-0.2, 0) is 14.3 Å². The molecule has 4 aromatic rings. The highest BCUT2D eigenvalue weighted by Crippen LogP contribution is 2.36. The third-order valence-electron chi connectivity index (χ3n) is 8.10. The standard InChI is InChI=1S/C36H32F2N2O6/c37-28-10-6-24(7-11-28)33(41)19-18-32(34(42)21-26-20-27(22-46-36(26)43)23-4-2-1-3-5-23)35(39-30-14-12-29(38)13-15-30)25-8-16-31(17-9-25)40(44)45/h1-17,20,27,32-33,35,39,41H,18-19,21-22H2/t27-,32+,33+,35-/m1/s1. The van der Waals surface area contributed by atoms with E-state index in [4.69, 9.17) is 4.74 Å². The fraction of sp³-hybridized carbons (Fsp3) is 0.222. The fourth-order valence-corrected chi connectivity index (χ4v) is 5.61. The Labute approximate surface area is 264 Å². The highest BCUT2D eigenvalue weighted by molar-refractivity contribution is 5.97. The first-order valence-corrected chi connectivity index (χ1v) is 14.8. The molecule has 0 saturated heterocycles. The van der Waals surface area contributed by atoms with Crippen LogP contribution in [0.15, 0.2) is 115 Å². The molecular weight excluding hydrogens is 594 g/mol. The number of carbonyl (C=O) groups is 2. The zero-order chi connectivity index (χ0) is 32.6. The van der Waals surface area contributed by atoms with Crippen molar-refractivity contribution >= 4 is 23.1 Å². The molecule has 4 aromatic carbocycles. The summed E-state index contributed by atoms with van der Waals surface area (Å²) in [4.78, 5) is 37.9. The largest absolute Gasteiger partial charge is 0.461 e. The monoisotopic (exact) mass is 626 g/mol. The molecule has 10 heteroatoms. The number of esters is 1. The van der Waals surface area contributed by atoms with Crippen LogP contribution in [0.3, 0.4) is 0 Å². The van der Waals surface area contributed by atoms with E-state index in [0.29, 0.717) is 16.8 Å². The van der Waals surface area contributed by atoms with Gasteiger partial charge in [0.25, 0.3) is 5.69 Å². The number of non-ortho nitro benzene ring substituents is 1. The Morgan fingerprint density at radius 1 is 0.891 bits per heavy atom. The van der Waals surface area contributed by atoms with E-state index in [9.17, 15) is 33.6 Å². The number of nitrogens with zero attached hydrogens (tertiary/aromatic N) is 1. The molecule has 0 spiro atoms. The number of anilines is 1. The topological polar surface area (TPSA) is 119 Å². The summed E-state index contributed by atoms with van der Waals surface area (Å²) in [6.45, 7) is 0.144. The smallest absolute Gasteiger partial charge is 0.334 e. The number of benzene rings is 4. The summed E-state index contributed by atoms with van der Waals surface area (Å²) in [6, 6.07) is 25.3. The van der Waals surface area contributed by atoms with Gasteiger partial charge >= 0.3 is 5.97 Å². The molecule has 1 aliphatic heterocycles. The number of aliphatic hydroxyl groups excluding tert-OH is 1. The Bertz CT molecular complexity index is 1690. The van der Waals surface area contributed by atoms with Crippen molar-refractivity contribution in [2.24, 2.45) is 5.92 Å². The number of aliphatic hydroxyl groups is 1. The minimum atomic E-state index is -1.03. The number of hydrogen-bond donors (Lipinski definition) is 2. The highest BCUT2D eigenvalue weighted by Gasteiger charge is 2.33. The number of ether oxygens (including phenoxy) is 1. The number of nitro groups is 1. The second-order valence-electron chi connectivity index (χ2n) is 11.2. The van der Waals surface area contributed by atoms with Crippen molar-refractivity contribution in [3.63, 3.8) is 0 Å². The molecule has 1 heterocycles. The van der Waals surface area contributed by atoms with Gasteiger partial charge in [-0.1, -0.05) is 60.7 Å². The molecule has 1 aliphatic rings. The van der Waals surface area contributed by atoms with Crippen molar-refractivity contribution in [2.45, 2.75) is 37.3 Å². The molecule has 5 rings (SSSR count). The van der Waals surface area contributed by atoms with Gasteiger partial charge in [0.2, 0.25) is 0 Å². The van der Waals surface area contributed by atoms with E-state index in [2.05, 4.69) is 5.32 Å². The first-order valence-electron chi connectivity index (χ1n) is 14.8. The maximum absolute atomic E-state index is 14.2. The van der Waals surface area contributed by atoms with Crippen LogP contribution < -0.4 is 5.32 Å². The molecule has 2 N–H and O–H groups in total. The third-order valence-corrected chi connectivity index (χ3v) is 8.10. The highest BCUT2D eigenvalue weighted by atomic mass is 19.1. The molecule has 8 nitrogen and oxygen atoms in total. The molecule has 4 atom stereocenters. The Morgan fingerprint density at radius 2 is 1.50 bits per heavy atom. The molecule has 46 heavy (non-hydrogen) atoms. The van der Waals surface area contributed by atoms with Gasteiger partial charge in [-0.3, -0.25) is 14.9 Å². The Morgan fingerprint density at radius 3 is 2.13 bits per heavy atom. The summed E-state index contributed by atoms with van der Waals surface area (Å²) < 4.78 is 32.7.